The zero-order valence-corrected chi connectivity index (χ0v) is 14.3. The maximum Gasteiger partial charge on any atom is 0.394 e. The minimum atomic E-state index is -4.63. The van der Waals surface area contributed by atoms with Gasteiger partial charge in [0.1, 0.15) is 0 Å². The molecular formula is C17H19ClF3NO3. The number of likely N-dealkylation sites (tertiary alicyclic amines) is 1. The third-order valence-electron chi connectivity index (χ3n) is 4.43. The Kier molecular flexibility index (Phi) is 5.98. The predicted octanol–water partition coefficient (Wildman–Crippen LogP) is 3.63. The van der Waals surface area contributed by atoms with Crippen LogP contribution in [-0.2, 0) is 16.0 Å². The van der Waals surface area contributed by atoms with Crippen molar-refractivity contribution in [1.82, 2.24) is 4.90 Å². The molecule has 1 fully saturated rings. The molecule has 0 bridgehead atoms. The summed E-state index contributed by atoms with van der Waals surface area (Å²) in [5.41, 5.74) is 0.975. The molecule has 3 atom stereocenters. The molecule has 1 aromatic carbocycles. The summed E-state index contributed by atoms with van der Waals surface area (Å²) in [5.74, 6) is -5.66. The maximum atomic E-state index is 13.0. The van der Waals surface area contributed by atoms with E-state index in [1.54, 1.807) is 12.1 Å². The van der Waals surface area contributed by atoms with E-state index in [-0.39, 0.29) is 12.3 Å². The summed E-state index contributed by atoms with van der Waals surface area (Å²) in [5, 5.41) is 9.60. The van der Waals surface area contributed by atoms with E-state index in [1.807, 2.05) is 19.1 Å². The highest BCUT2D eigenvalue weighted by Crippen LogP contribution is 2.38. The van der Waals surface area contributed by atoms with Crippen LogP contribution in [0.25, 0.3) is 0 Å². The summed E-state index contributed by atoms with van der Waals surface area (Å²) in [4.78, 5) is 24.4. The second-order valence-electron chi connectivity index (χ2n) is 6.53. The number of carboxylic acid groups (broad SMARTS) is 1. The van der Waals surface area contributed by atoms with Crippen LogP contribution >= 0.6 is 11.6 Å². The van der Waals surface area contributed by atoms with Crippen LogP contribution in [-0.4, -0.2) is 41.1 Å². The van der Waals surface area contributed by atoms with Gasteiger partial charge in [0.25, 0.3) is 0 Å². The average Bonchev–Trinajstić information content (AvgIpc) is 2.95. The molecule has 0 aliphatic carbocycles. The van der Waals surface area contributed by atoms with Crippen molar-refractivity contribution in [1.29, 1.82) is 0 Å². The molecule has 1 amide bonds. The van der Waals surface area contributed by atoms with Gasteiger partial charge in [0.2, 0.25) is 5.91 Å². The molecule has 1 aromatic rings. The Balaban J connectivity index is 1.96. The van der Waals surface area contributed by atoms with Gasteiger partial charge in [-0.1, -0.05) is 30.7 Å². The van der Waals surface area contributed by atoms with Crippen molar-refractivity contribution in [2.24, 2.45) is 17.8 Å². The number of amides is 1. The first-order chi connectivity index (χ1) is 11.6. The number of hydrogen-bond donors (Lipinski definition) is 1. The molecule has 1 saturated heterocycles. The zero-order valence-electron chi connectivity index (χ0n) is 13.6. The van der Waals surface area contributed by atoms with E-state index in [2.05, 4.69) is 0 Å². The highest BCUT2D eigenvalue weighted by molar-refractivity contribution is 6.30. The fourth-order valence-electron chi connectivity index (χ4n) is 3.11. The molecule has 1 unspecified atom stereocenters. The molecule has 1 N–H and O–H groups in total. The normalized spacial score (nSPS) is 22.0. The molecule has 8 heteroatoms. The van der Waals surface area contributed by atoms with Crippen molar-refractivity contribution >= 4 is 23.5 Å². The first-order valence-corrected chi connectivity index (χ1v) is 8.27. The number of hydrogen-bond acceptors (Lipinski definition) is 2. The van der Waals surface area contributed by atoms with Gasteiger partial charge < -0.3 is 10.0 Å². The van der Waals surface area contributed by atoms with Crippen molar-refractivity contribution in [3.05, 3.63) is 34.9 Å². The van der Waals surface area contributed by atoms with Crippen LogP contribution in [0.4, 0.5) is 13.2 Å². The molecule has 2 rings (SSSR count). The highest BCUT2D eigenvalue weighted by Gasteiger charge is 2.53. The van der Waals surface area contributed by atoms with Crippen molar-refractivity contribution in [2.45, 2.75) is 25.9 Å². The van der Waals surface area contributed by atoms with Gasteiger partial charge in [0.05, 0.1) is 11.8 Å². The topological polar surface area (TPSA) is 57.6 Å². The average molecular weight is 378 g/mol. The van der Waals surface area contributed by atoms with E-state index in [9.17, 15) is 22.8 Å². The van der Waals surface area contributed by atoms with Gasteiger partial charge in [-0.25, -0.2) is 0 Å². The minimum absolute atomic E-state index is 0.0690. The van der Waals surface area contributed by atoms with Gasteiger partial charge >= 0.3 is 12.1 Å². The second kappa shape index (κ2) is 7.64. The molecule has 0 radical (unpaired) electrons. The standard InChI is InChI=1S/C17H19ClF3NO3/c1-10(6-11-2-4-12(18)5-3-11)7-15(23)22-8-13(16(24)25)14(9-22)17(19,20)21/h2-5,10,13-14H,6-9H2,1H3,(H,24,25)/t10?,13-,14-/m1/s1. The van der Waals surface area contributed by atoms with E-state index in [4.69, 9.17) is 16.7 Å². The van der Waals surface area contributed by atoms with E-state index in [1.165, 1.54) is 0 Å². The second-order valence-corrected chi connectivity index (χ2v) is 6.97. The SMILES string of the molecule is CC(CC(=O)N1C[C@@H](C(F)(F)F)[C@H](C(=O)O)C1)Cc1ccc(Cl)cc1. The molecular weight excluding hydrogens is 359 g/mol. The van der Waals surface area contributed by atoms with Crippen LogP contribution in [0, 0.1) is 17.8 Å². The van der Waals surface area contributed by atoms with Gasteiger partial charge in [0, 0.05) is 24.5 Å². The number of halogens is 4. The Morgan fingerprint density at radius 3 is 2.36 bits per heavy atom. The number of carboxylic acids is 1. The Morgan fingerprint density at radius 2 is 1.88 bits per heavy atom. The van der Waals surface area contributed by atoms with Gasteiger partial charge in [-0.15, -0.1) is 0 Å². The van der Waals surface area contributed by atoms with E-state index < -0.39 is 43.0 Å². The summed E-state index contributed by atoms with van der Waals surface area (Å²) >= 11 is 5.81. The number of alkyl halides is 3. The third-order valence-corrected chi connectivity index (χ3v) is 4.68. The van der Waals surface area contributed by atoms with Crippen LogP contribution in [0.5, 0.6) is 0 Å². The quantitative estimate of drug-likeness (QED) is 0.852. The summed E-state index contributed by atoms with van der Waals surface area (Å²) in [6.45, 7) is 0.845. The Bertz CT molecular complexity index is 633. The van der Waals surface area contributed by atoms with Crippen LogP contribution in [0.3, 0.4) is 0 Å². The number of aliphatic carboxylic acids is 1. The monoisotopic (exact) mass is 377 g/mol. The molecule has 0 aromatic heterocycles. The van der Waals surface area contributed by atoms with Gasteiger partial charge in [-0.3, -0.25) is 9.59 Å². The fraction of sp³-hybridized carbons (Fsp3) is 0.529. The molecule has 0 saturated carbocycles. The minimum Gasteiger partial charge on any atom is -0.481 e. The molecule has 0 spiro atoms. The third kappa shape index (κ3) is 5.11. The Labute approximate surface area is 148 Å². The van der Waals surface area contributed by atoms with Crippen molar-refractivity contribution in [3.63, 3.8) is 0 Å². The lowest BCUT2D eigenvalue weighted by Gasteiger charge is -2.20. The smallest absolute Gasteiger partial charge is 0.394 e. The summed E-state index contributed by atoms with van der Waals surface area (Å²) in [6, 6.07) is 7.13. The van der Waals surface area contributed by atoms with Crippen LogP contribution in [0.15, 0.2) is 24.3 Å². The predicted molar refractivity (Wildman–Crippen MR) is 86.2 cm³/mol. The Morgan fingerprint density at radius 1 is 1.28 bits per heavy atom. The lowest BCUT2D eigenvalue weighted by Crippen LogP contribution is -2.34. The van der Waals surface area contributed by atoms with Crippen LogP contribution in [0.1, 0.15) is 18.9 Å². The van der Waals surface area contributed by atoms with E-state index in [0.29, 0.717) is 11.4 Å². The summed E-state index contributed by atoms with van der Waals surface area (Å²) < 4.78 is 38.9. The highest BCUT2D eigenvalue weighted by atomic mass is 35.5. The van der Waals surface area contributed by atoms with Crippen LogP contribution in [0.2, 0.25) is 5.02 Å². The first kappa shape index (κ1) is 19.6. The molecule has 1 heterocycles. The maximum absolute atomic E-state index is 13.0. The number of carbonyl (C=O) groups excluding carboxylic acids is 1. The number of nitrogens with zero attached hydrogens (tertiary/aromatic N) is 1. The van der Waals surface area contributed by atoms with Crippen molar-refractivity contribution in [3.8, 4) is 0 Å². The molecule has 1 aliphatic rings. The Hall–Kier alpha value is -1.76. The fourth-order valence-corrected chi connectivity index (χ4v) is 3.24. The molecule has 4 nitrogen and oxygen atoms in total. The zero-order chi connectivity index (χ0) is 18.8. The largest absolute Gasteiger partial charge is 0.481 e. The van der Waals surface area contributed by atoms with E-state index in [0.717, 1.165) is 10.5 Å². The number of benzene rings is 1. The van der Waals surface area contributed by atoms with Crippen molar-refractivity contribution in [2.75, 3.05) is 13.1 Å². The first-order valence-electron chi connectivity index (χ1n) is 7.89. The van der Waals surface area contributed by atoms with E-state index >= 15 is 0 Å². The number of rotatable bonds is 5. The summed E-state index contributed by atoms with van der Waals surface area (Å²) in [6.07, 6.45) is -3.98. The molecule has 25 heavy (non-hydrogen) atoms. The van der Waals surface area contributed by atoms with Gasteiger partial charge in [-0.05, 0) is 30.0 Å². The number of carbonyl (C=O) groups is 2. The summed E-state index contributed by atoms with van der Waals surface area (Å²) in [7, 11) is 0. The van der Waals surface area contributed by atoms with Gasteiger partial charge in [-0.2, -0.15) is 13.2 Å². The lowest BCUT2D eigenvalue weighted by atomic mass is 9.96. The molecule has 138 valence electrons. The van der Waals surface area contributed by atoms with Gasteiger partial charge in [0.15, 0.2) is 0 Å². The van der Waals surface area contributed by atoms with Crippen LogP contribution < -0.4 is 0 Å². The molecule has 1 aliphatic heterocycles. The lowest BCUT2D eigenvalue weighted by molar-refractivity contribution is -0.188. The van der Waals surface area contributed by atoms with Crippen molar-refractivity contribution < 1.29 is 27.9 Å².